The van der Waals surface area contributed by atoms with E-state index in [-0.39, 0.29) is 11.9 Å². The first kappa shape index (κ1) is 24.4. The average molecular weight is 477 g/mol. The fourth-order valence-corrected chi connectivity index (χ4v) is 4.34. The Labute approximate surface area is 206 Å². The van der Waals surface area contributed by atoms with Gasteiger partial charge in [-0.25, -0.2) is 0 Å². The first-order chi connectivity index (χ1) is 17.1. The molecule has 0 unspecified atom stereocenters. The molecule has 1 atom stereocenters. The standard InChI is InChI=1S/C28H32N2O5/c1-32-24-9-4-5-10-26(24)35-23-8-6-7-21(15-23)18-30-14-13-22(19-30)29-28(31)17-20-11-12-25(33-2)27(16-20)34-3/h4-12,15-16,22H,13-14,17-19H2,1-3H3,(H,29,31)/t22-/m1/s1. The number of likely N-dealkylation sites (tertiary alicyclic amines) is 1. The van der Waals surface area contributed by atoms with Gasteiger partial charge < -0.3 is 24.3 Å². The Morgan fingerprint density at radius 2 is 1.60 bits per heavy atom. The van der Waals surface area contributed by atoms with Gasteiger partial charge in [0.1, 0.15) is 5.75 Å². The summed E-state index contributed by atoms with van der Waals surface area (Å²) in [4.78, 5) is 15.0. The smallest absolute Gasteiger partial charge is 0.224 e. The van der Waals surface area contributed by atoms with Crippen LogP contribution in [-0.2, 0) is 17.8 Å². The lowest BCUT2D eigenvalue weighted by atomic mass is 10.1. The molecule has 1 N–H and O–H groups in total. The van der Waals surface area contributed by atoms with Crippen LogP contribution in [0.2, 0.25) is 0 Å². The Balaban J connectivity index is 1.29. The van der Waals surface area contributed by atoms with Gasteiger partial charge in [-0.1, -0.05) is 30.3 Å². The number of methoxy groups -OCH3 is 3. The maximum atomic E-state index is 12.6. The van der Waals surface area contributed by atoms with Gasteiger partial charge in [0.2, 0.25) is 5.91 Å². The van der Waals surface area contributed by atoms with Crippen LogP contribution in [-0.4, -0.2) is 51.3 Å². The Bertz CT molecular complexity index is 1150. The van der Waals surface area contributed by atoms with Crippen molar-refractivity contribution >= 4 is 5.91 Å². The van der Waals surface area contributed by atoms with Crippen molar-refractivity contribution < 1.29 is 23.7 Å². The van der Waals surface area contributed by atoms with Crippen LogP contribution in [0.25, 0.3) is 0 Å². The first-order valence-electron chi connectivity index (χ1n) is 11.7. The number of hydrogen-bond donors (Lipinski definition) is 1. The van der Waals surface area contributed by atoms with E-state index in [1.54, 1.807) is 21.3 Å². The van der Waals surface area contributed by atoms with Crippen molar-refractivity contribution in [3.05, 3.63) is 77.9 Å². The highest BCUT2D eigenvalue weighted by atomic mass is 16.5. The average Bonchev–Trinajstić information content (AvgIpc) is 3.30. The maximum Gasteiger partial charge on any atom is 0.224 e. The number of carbonyl (C=O) groups is 1. The van der Waals surface area contributed by atoms with Crippen LogP contribution in [0.1, 0.15) is 17.5 Å². The zero-order valence-corrected chi connectivity index (χ0v) is 20.5. The SMILES string of the molecule is COc1ccc(CC(=O)N[C@@H]2CCN(Cc3cccc(Oc4ccccc4OC)c3)C2)cc1OC. The van der Waals surface area contributed by atoms with Crippen molar-refractivity contribution in [2.45, 2.75) is 25.4 Å². The lowest BCUT2D eigenvalue weighted by molar-refractivity contribution is -0.121. The fraction of sp³-hybridized carbons (Fsp3) is 0.321. The number of amides is 1. The summed E-state index contributed by atoms with van der Waals surface area (Å²) in [7, 11) is 4.82. The van der Waals surface area contributed by atoms with E-state index in [0.717, 1.165) is 42.9 Å². The molecule has 1 amide bonds. The van der Waals surface area contributed by atoms with Crippen molar-refractivity contribution in [3.63, 3.8) is 0 Å². The largest absolute Gasteiger partial charge is 0.493 e. The summed E-state index contributed by atoms with van der Waals surface area (Å²) in [5, 5.41) is 3.17. The summed E-state index contributed by atoms with van der Waals surface area (Å²) < 4.78 is 22.0. The summed E-state index contributed by atoms with van der Waals surface area (Å²) in [6.07, 6.45) is 1.23. The third-order valence-corrected chi connectivity index (χ3v) is 6.05. The summed E-state index contributed by atoms with van der Waals surface area (Å²) in [6.45, 7) is 2.54. The van der Waals surface area contributed by atoms with Crippen molar-refractivity contribution in [2.24, 2.45) is 0 Å². The van der Waals surface area contributed by atoms with E-state index < -0.39 is 0 Å². The Kier molecular flexibility index (Phi) is 8.11. The molecule has 1 saturated heterocycles. The molecule has 1 aliphatic rings. The number of benzene rings is 3. The van der Waals surface area contributed by atoms with E-state index in [1.807, 2.05) is 54.6 Å². The van der Waals surface area contributed by atoms with Crippen LogP contribution in [0.15, 0.2) is 66.7 Å². The second-order valence-electron chi connectivity index (χ2n) is 8.55. The number of carbonyl (C=O) groups excluding carboxylic acids is 1. The molecule has 1 fully saturated rings. The van der Waals surface area contributed by atoms with Gasteiger partial charge >= 0.3 is 0 Å². The van der Waals surface area contributed by atoms with Crippen LogP contribution in [0.3, 0.4) is 0 Å². The Morgan fingerprint density at radius 1 is 0.857 bits per heavy atom. The highest BCUT2D eigenvalue weighted by Gasteiger charge is 2.24. The molecule has 1 aliphatic heterocycles. The quantitative estimate of drug-likeness (QED) is 0.467. The summed E-state index contributed by atoms with van der Waals surface area (Å²) in [5.74, 6) is 3.44. The fourth-order valence-electron chi connectivity index (χ4n) is 4.34. The first-order valence-corrected chi connectivity index (χ1v) is 11.7. The van der Waals surface area contributed by atoms with Crippen LogP contribution in [0, 0.1) is 0 Å². The van der Waals surface area contributed by atoms with E-state index in [4.69, 9.17) is 18.9 Å². The summed E-state index contributed by atoms with van der Waals surface area (Å²) in [5.41, 5.74) is 2.05. The number of ether oxygens (including phenoxy) is 4. The molecule has 0 saturated carbocycles. The van der Waals surface area contributed by atoms with Crippen molar-refractivity contribution in [1.82, 2.24) is 10.2 Å². The molecule has 3 aromatic carbocycles. The number of para-hydroxylation sites is 2. The predicted molar refractivity (Wildman–Crippen MR) is 135 cm³/mol. The van der Waals surface area contributed by atoms with Gasteiger partial charge in [-0.05, 0) is 53.9 Å². The molecule has 7 heteroatoms. The molecule has 4 rings (SSSR count). The maximum absolute atomic E-state index is 12.6. The minimum Gasteiger partial charge on any atom is -0.493 e. The van der Waals surface area contributed by atoms with E-state index in [2.05, 4.69) is 22.3 Å². The zero-order chi connectivity index (χ0) is 24.6. The molecular weight excluding hydrogens is 444 g/mol. The number of nitrogens with zero attached hydrogens (tertiary/aromatic N) is 1. The third-order valence-electron chi connectivity index (χ3n) is 6.05. The monoisotopic (exact) mass is 476 g/mol. The molecule has 0 spiro atoms. The van der Waals surface area contributed by atoms with Crippen LogP contribution in [0.4, 0.5) is 0 Å². The minimum absolute atomic E-state index is 0.0104. The van der Waals surface area contributed by atoms with E-state index in [9.17, 15) is 4.79 Å². The van der Waals surface area contributed by atoms with Crippen molar-refractivity contribution in [2.75, 3.05) is 34.4 Å². The number of hydrogen-bond acceptors (Lipinski definition) is 6. The minimum atomic E-state index is 0.0104. The molecule has 1 heterocycles. The lowest BCUT2D eigenvalue weighted by Gasteiger charge is -2.18. The molecular formula is C28H32N2O5. The van der Waals surface area contributed by atoms with Gasteiger partial charge in [-0.3, -0.25) is 9.69 Å². The molecule has 7 nitrogen and oxygen atoms in total. The molecule has 3 aromatic rings. The van der Waals surface area contributed by atoms with Gasteiger partial charge in [-0.2, -0.15) is 0 Å². The van der Waals surface area contributed by atoms with Gasteiger partial charge in [0.05, 0.1) is 27.8 Å². The normalized spacial score (nSPS) is 15.5. The molecule has 0 radical (unpaired) electrons. The van der Waals surface area contributed by atoms with Crippen molar-refractivity contribution in [3.8, 4) is 28.7 Å². The van der Waals surface area contributed by atoms with Crippen LogP contribution in [0.5, 0.6) is 28.7 Å². The van der Waals surface area contributed by atoms with Crippen LogP contribution < -0.4 is 24.3 Å². The predicted octanol–water partition coefficient (Wildman–Crippen LogP) is 4.44. The van der Waals surface area contributed by atoms with Gasteiger partial charge in [-0.15, -0.1) is 0 Å². The zero-order valence-electron chi connectivity index (χ0n) is 20.5. The third kappa shape index (κ3) is 6.45. The molecule has 184 valence electrons. The van der Waals surface area contributed by atoms with Gasteiger partial charge in [0.15, 0.2) is 23.0 Å². The van der Waals surface area contributed by atoms with E-state index in [0.29, 0.717) is 29.4 Å². The van der Waals surface area contributed by atoms with E-state index >= 15 is 0 Å². The Morgan fingerprint density at radius 3 is 2.37 bits per heavy atom. The second kappa shape index (κ2) is 11.6. The van der Waals surface area contributed by atoms with Gasteiger partial charge in [0.25, 0.3) is 0 Å². The molecule has 0 aromatic heterocycles. The lowest BCUT2D eigenvalue weighted by Crippen LogP contribution is -2.37. The molecule has 0 bridgehead atoms. The van der Waals surface area contributed by atoms with E-state index in [1.165, 1.54) is 0 Å². The van der Waals surface area contributed by atoms with Crippen LogP contribution >= 0.6 is 0 Å². The van der Waals surface area contributed by atoms with Crippen molar-refractivity contribution in [1.29, 1.82) is 0 Å². The summed E-state index contributed by atoms with van der Waals surface area (Å²) in [6, 6.07) is 21.4. The number of rotatable bonds is 10. The topological polar surface area (TPSA) is 69.3 Å². The Hall–Kier alpha value is -3.71. The second-order valence-corrected chi connectivity index (χ2v) is 8.55. The molecule has 0 aliphatic carbocycles. The summed E-state index contributed by atoms with van der Waals surface area (Å²) >= 11 is 0. The highest BCUT2D eigenvalue weighted by Crippen LogP contribution is 2.31. The molecule has 35 heavy (non-hydrogen) atoms. The number of nitrogens with one attached hydrogen (secondary N) is 1. The van der Waals surface area contributed by atoms with Gasteiger partial charge in [0, 0.05) is 25.7 Å². The highest BCUT2D eigenvalue weighted by molar-refractivity contribution is 5.79.